The third-order valence-corrected chi connectivity index (χ3v) is 2.68. The van der Waals surface area contributed by atoms with Crippen molar-refractivity contribution in [1.29, 1.82) is 0 Å². The van der Waals surface area contributed by atoms with E-state index in [1.807, 2.05) is 13.8 Å². The van der Waals surface area contributed by atoms with Crippen molar-refractivity contribution < 1.29 is 14.7 Å². The van der Waals surface area contributed by atoms with Gasteiger partial charge in [0.15, 0.2) is 5.78 Å². The molecule has 1 rings (SSSR count). The highest BCUT2D eigenvalue weighted by molar-refractivity contribution is 5.99. The summed E-state index contributed by atoms with van der Waals surface area (Å²) in [6.07, 6.45) is 0. The standard InChI is InChI=1S/C13H18N2O3/c1-4-15(5-2)13(18)14-10-6-7-12(17)11(8-10)9(3)16/h6-8,17H,4-5H2,1-3H3,(H,14,18). The van der Waals surface area contributed by atoms with Crippen LogP contribution < -0.4 is 5.32 Å². The van der Waals surface area contributed by atoms with E-state index in [2.05, 4.69) is 5.32 Å². The average Bonchev–Trinajstić information content (AvgIpc) is 2.32. The fourth-order valence-electron chi connectivity index (χ4n) is 1.61. The van der Waals surface area contributed by atoms with E-state index in [0.717, 1.165) is 0 Å². The number of nitrogens with one attached hydrogen (secondary N) is 1. The lowest BCUT2D eigenvalue weighted by atomic mass is 10.1. The van der Waals surface area contributed by atoms with Crippen molar-refractivity contribution in [3.05, 3.63) is 23.8 Å². The number of aromatic hydroxyl groups is 1. The third-order valence-electron chi connectivity index (χ3n) is 2.68. The number of nitrogens with zero attached hydrogens (tertiary/aromatic N) is 1. The summed E-state index contributed by atoms with van der Waals surface area (Å²) >= 11 is 0. The molecule has 1 aromatic carbocycles. The van der Waals surface area contributed by atoms with E-state index >= 15 is 0 Å². The van der Waals surface area contributed by atoms with Crippen LogP contribution in [-0.2, 0) is 0 Å². The molecule has 0 spiro atoms. The first-order chi connectivity index (χ1) is 8.49. The number of amides is 2. The Morgan fingerprint density at radius 2 is 1.89 bits per heavy atom. The summed E-state index contributed by atoms with van der Waals surface area (Å²) in [6.45, 7) is 6.37. The maximum atomic E-state index is 11.8. The number of rotatable bonds is 4. The molecule has 0 saturated carbocycles. The number of hydrogen-bond acceptors (Lipinski definition) is 3. The number of anilines is 1. The average molecular weight is 250 g/mol. The monoisotopic (exact) mass is 250 g/mol. The van der Waals surface area contributed by atoms with Crippen LogP contribution in [0.5, 0.6) is 5.75 Å². The number of phenols is 1. The van der Waals surface area contributed by atoms with E-state index in [9.17, 15) is 14.7 Å². The zero-order valence-corrected chi connectivity index (χ0v) is 10.9. The first-order valence-corrected chi connectivity index (χ1v) is 5.89. The van der Waals surface area contributed by atoms with Crippen molar-refractivity contribution in [3.63, 3.8) is 0 Å². The second-order valence-corrected chi connectivity index (χ2v) is 3.89. The van der Waals surface area contributed by atoms with Crippen LogP contribution in [0.15, 0.2) is 18.2 Å². The van der Waals surface area contributed by atoms with Crippen LogP contribution in [0.1, 0.15) is 31.1 Å². The Hall–Kier alpha value is -2.04. The number of carbonyl (C=O) groups excluding carboxylic acids is 2. The molecule has 0 aliphatic carbocycles. The van der Waals surface area contributed by atoms with Gasteiger partial charge in [0.05, 0.1) is 5.56 Å². The zero-order valence-electron chi connectivity index (χ0n) is 10.9. The molecule has 0 aliphatic heterocycles. The van der Waals surface area contributed by atoms with Crippen LogP contribution in [0.25, 0.3) is 0 Å². The molecule has 0 heterocycles. The number of benzene rings is 1. The maximum Gasteiger partial charge on any atom is 0.321 e. The van der Waals surface area contributed by atoms with Gasteiger partial charge in [-0.1, -0.05) is 0 Å². The molecule has 2 amide bonds. The molecule has 0 unspecified atom stereocenters. The number of carbonyl (C=O) groups is 2. The van der Waals surface area contributed by atoms with Gasteiger partial charge in [-0.3, -0.25) is 4.79 Å². The summed E-state index contributed by atoms with van der Waals surface area (Å²) in [5.74, 6) is -0.324. The van der Waals surface area contributed by atoms with Crippen molar-refractivity contribution in [1.82, 2.24) is 4.90 Å². The SMILES string of the molecule is CCN(CC)C(=O)Nc1ccc(O)c(C(C)=O)c1. The molecule has 1 aromatic rings. The molecule has 5 heteroatoms. The van der Waals surface area contributed by atoms with E-state index in [4.69, 9.17) is 0 Å². The molecule has 0 bridgehead atoms. The fraction of sp³-hybridized carbons (Fsp3) is 0.385. The van der Waals surface area contributed by atoms with Gasteiger partial charge in [0.1, 0.15) is 5.75 Å². The molecule has 98 valence electrons. The number of Topliss-reactive ketones (excluding diaryl/α,β-unsaturated/α-hetero) is 1. The van der Waals surface area contributed by atoms with Gasteiger partial charge in [-0.25, -0.2) is 4.79 Å². The number of urea groups is 1. The van der Waals surface area contributed by atoms with Crippen LogP contribution in [0.2, 0.25) is 0 Å². The van der Waals surface area contributed by atoms with E-state index in [0.29, 0.717) is 18.8 Å². The van der Waals surface area contributed by atoms with Gasteiger partial charge in [0, 0.05) is 18.8 Å². The van der Waals surface area contributed by atoms with Crippen LogP contribution in [0.4, 0.5) is 10.5 Å². The molecule has 0 saturated heterocycles. The van der Waals surface area contributed by atoms with E-state index < -0.39 is 0 Å². The lowest BCUT2D eigenvalue weighted by molar-refractivity contribution is 0.101. The molecular weight excluding hydrogens is 232 g/mol. The quantitative estimate of drug-likeness (QED) is 0.637. The minimum atomic E-state index is -0.244. The highest BCUT2D eigenvalue weighted by Crippen LogP contribution is 2.22. The van der Waals surface area contributed by atoms with Crippen molar-refractivity contribution >= 4 is 17.5 Å². The summed E-state index contributed by atoms with van der Waals surface area (Å²) in [6, 6.07) is 4.21. The molecular formula is C13H18N2O3. The van der Waals surface area contributed by atoms with Crippen LogP contribution >= 0.6 is 0 Å². The van der Waals surface area contributed by atoms with Gasteiger partial charge < -0.3 is 15.3 Å². The molecule has 18 heavy (non-hydrogen) atoms. The van der Waals surface area contributed by atoms with Crippen molar-refractivity contribution in [2.24, 2.45) is 0 Å². The van der Waals surface area contributed by atoms with Gasteiger partial charge in [-0.05, 0) is 39.0 Å². The molecule has 0 atom stereocenters. The lowest BCUT2D eigenvalue weighted by Gasteiger charge is -2.19. The van der Waals surface area contributed by atoms with Crippen molar-refractivity contribution in [3.8, 4) is 5.75 Å². The van der Waals surface area contributed by atoms with Gasteiger partial charge >= 0.3 is 6.03 Å². The largest absolute Gasteiger partial charge is 0.507 e. The Bertz CT molecular complexity index is 454. The summed E-state index contributed by atoms with van der Waals surface area (Å²) in [4.78, 5) is 24.7. The Kier molecular flexibility index (Phi) is 4.71. The van der Waals surface area contributed by atoms with Crippen LogP contribution in [0, 0.1) is 0 Å². The molecule has 0 aromatic heterocycles. The summed E-state index contributed by atoms with van der Waals surface area (Å²) in [5, 5.41) is 12.2. The van der Waals surface area contributed by atoms with Crippen LogP contribution in [-0.4, -0.2) is 34.9 Å². The maximum absolute atomic E-state index is 11.8. The number of hydrogen-bond donors (Lipinski definition) is 2. The Labute approximate surface area is 106 Å². The second kappa shape index (κ2) is 6.05. The predicted octanol–water partition coefficient (Wildman–Crippen LogP) is 2.47. The second-order valence-electron chi connectivity index (χ2n) is 3.89. The number of phenolic OH excluding ortho intramolecular Hbond substituents is 1. The summed E-state index contributed by atoms with van der Waals surface area (Å²) in [7, 11) is 0. The first-order valence-electron chi connectivity index (χ1n) is 5.89. The van der Waals surface area contributed by atoms with Crippen LogP contribution in [0.3, 0.4) is 0 Å². The predicted molar refractivity (Wildman–Crippen MR) is 70.1 cm³/mol. The Balaban J connectivity index is 2.89. The topological polar surface area (TPSA) is 69.6 Å². The molecule has 0 aliphatic rings. The van der Waals surface area contributed by atoms with Crippen molar-refractivity contribution in [2.45, 2.75) is 20.8 Å². The van der Waals surface area contributed by atoms with Gasteiger partial charge in [-0.15, -0.1) is 0 Å². The van der Waals surface area contributed by atoms with E-state index in [-0.39, 0.29) is 23.1 Å². The highest BCUT2D eigenvalue weighted by atomic mass is 16.3. The first kappa shape index (κ1) is 14.0. The molecule has 0 radical (unpaired) electrons. The van der Waals surface area contributed by atoms with Gasteiger partial charge in [0.2, 0.25) is 0 Å². The van der Waals surface area contributed by atoms with Gasteiger partial charge in [-0.2, -0.15) is 0 Å². The normalized spacial score (nSPS) is 9.94. The highest BCUT2D eigenvalue weighted by Gasteiger charge is 2.12. The minimum absolute atomic E-state index is 0.0802. The molecule has 0 fully saturated rings. The summed E-state index contributed by atoms with van der Waals surface area (Å²) < 4.78 is 0. The third kappa shape index (κ3) is 3.23. The zero-order chi connectivity index (χ0) is 13.7. The van der Waals surface area contributed by atoms with Gasteiger partial charge in [0.25, 0.3) is 0 Å². The van der Waals surface area contributed by atoms with Crippen molar-refractivity contribution in [2.75, 3.05) is 18.4 Å². The molecule has 5 nitrogen and oxygen atoms in total. The summed E-state index contributed by atoms with van der Waals surface area (Å²) in [5.41, 5.74) is 0.697. The molecule has 2 N–H and O–H groups in total. The fourth-order valence-corrected chi connectivity index (χ4v) is 1.61. The smallest absolute Gasteiger partial charge is 0.321 e. The van der Waals surface area contributed by atoms with E-state index in [1.165, 1.54) is 19.1 Å². The number of ketones is 1. The Morgan fingerprint density at radius 3 is 2.39 bits per heavy atom. The minimum Gasteiger partial charge on any atom is -0.507 e. The lowest BCUT2D eigenvalue weighted by Crippen LogP contribution is -2.34. The van der Waals surface area contributed by atoms with E-state index in [1.54, 1.807) is 11.0 Å². The Morgan fingerprint density at radius 1 is 1.28 bits per heavy atom.